The minimum Gasteiger partial charge on any atom is -0.347 e. The van der Waals surface area contributed by atoms with Gasteiger partial charge in [-0.05, 0) is 17.9 Å². The van der Waals surface area contributed by atoms with Gasteiger partial charge < -0.3 is 9.80 Å². The van der Waals surface area contributed by atoms with Crippen LogP contribution < -0.4 is 0 Å². The van der Waals surface area contributed by atoms with Gasteiger partial charge in [0.25, 0.3) is 0 Å². The fraction of sp³-hybridized carbons (Fsp3) is 0.500. The summed E-state index contributed by atoms with van der Waals surface area (Å²) in [6, 6.07) is 3.68. The highest BCUT2D eigenvalue weighted by Gasteiger charge is 2.36. The Kier molecular flexibility index (Phi) is 3.47. The molecular formula is C12H16N2O2S. The van der Waals surface area contributed by atoms with Crippen molar-refractivity contribution in [3.05, 3.63) is 22.4 Å². The van der Waals surface area contributed by atoms with Gasteiger partial charge in [0.1, 0.15) is 6.04 Å². The van der Waals surface area contributed by atoms with Crippen LogP contribution in [-0.4, -0.2) is 41.8 Å². The Balaban J connectivity index is 2.12. The lowest BCUT2D eigenvalue weighted by atomic mass is 10.2. The summed E-state index contributed by atoms with van der Waals surface area (Å²) in [6.45, 7) is 0.556. The molecule has 0 spiro atoms. The Bertz CT molecular complexity index is 414. The van der Waals surface area contributed by atoms with E-state index in [1.54, 1.807) is 35.2 Å². The van der Waals surface area contributed by atoms with Crippen LogP contribution in [0.4, 0.5) is 0 Å². The fourth-order valence-corrected chi connectivity index (χ4v) is 2.76. The van der Waals surface area contributed by atoms with Crippen LogP contribution in [0.5, 0.6) is 0 Å². The number of carbonyl (C=O) groups is 2. The Morgan fingerprint density at radius 3 is 2.94 bits per heavy atom. The summed E-state index contributed by atoms with van der Waals surface area (Å²) < 4.78 is 0. The zero-order chi connectivity index (χ0) is 12.4. The van der Waals surface area contributed by atoms with Crippen LogP contribution >= 0.6 is 11.3 Å². The van der Waals surface area contributed by atoms with Gasteiger partial charge in [-0.1, -0.05) is 6.07 Å². The summed E-state index contributed by atoms with van der Waals surface area (Å²) in [5, 5.41) is 1.98. The second-order valence-electron chi connectivity index (χ2n) is 4.39. The molecule has 2 amide bonds. The van der Waals surface area contributed by atoms with Crippen molar-refractivity contribution in [2.24, 2.45) is 0 Å². The van der Waals surface area contributed by atoms with E-state index in [0.29, 0.717) is 19.4 Å². The average Bonchev–Trinajstić information content (AvgIpc) is 2.90. The molecule has 1 atom stereocenters. The Labute approximate surface area is 105 Å². The predicted octanol–water partition coefficient (Wildman–Crippen LogP) is 1.33. The highest BCUT2D eigenvalue weighted by Crippen LogP contribution is 2.24. The molecule has 0 radical (unpaired) electrons. The minimum atomic E-state index is -0.278. The van der Waals surface area contributed by atoms with Crippen molar-refractivity contribution < 1.29 is 9.59 Å². The van der Waals surface area contributed by atoms with Crippen molar-refractivity contribution in [1.29, 1.82) is 0 Å². The number of thiophene rings is 1. The Morgan fingerprint density at radius 1 is 1.59 bits per heavy atom. The zero-order valence-electron chi connectivity index (χ0n) is 10.0. The van der Waals surface area contributed by atoms with Gasteiger partial charge in [-0.25, -0.2) is 0 Å². The maximum absolute atomic E-state index is 12.0. The van der Waals surface area contributed by atoms with E-state index in [2.05, 4.69) is 0 Å². The first kappa shape index (κ1) is 12.1. The molecule has 0 aromatic carbocycles. The van der Waals surface area contributed by atoms with Crippen LogP contribution in [-0.2, 0) is 16.1 Å². The van der Waals surface area contributed by atoms with Gasteiger partial charge in [0.15, 0.2) is 0 Å². The molecule has 0 bridgehead atoms. The van der Waals surface area contributed by atoms with E-state index >= 15 is 0 Å². The molecule has 0 saturated carbocycles. The van der Waals surface area contributed by atoms with E-state index in [-0.39, 0.29) is 17.9 Å². The number of hydrogen-bond donors (Lipinski definition) is 0. The molecule has 4 nitrogen and oxygen atoms in total. The first-order chi connectivity index (χ1) is 8.09. The number of carbonyl (C=O) groups excluding carboxylic acids is 2. The van der Waals surface area contributed by atoms with Gasteiger partial charge >= 0.3 is 0 Å². The quantitative estimate of drug-likeness (QED) is 0.814. The molecule has 1 aromatic rings. The molecule has 1 aliphatic heterocycles. The van der Waals surface area contributed by atoms with Gasteiger partial charge in [0.05, 0.1) is 6.54 Å². The number of rotatable bonds is 3. The highest BCUT2D eigenvalue weighted by atomic mass is 32.1. The van der Waals surface area contributed by atoms with E-state index in [4.69, 9.17) is 0 Å². The molecule has 0 N–H and O–H groups in total. The SMILES string of the molecule is CN(C)C(=O)[C@H]1CCC(=O)N1Cc1cccs1. The third-order valence-corrected chi connectivity index (χ3v) is 3.82. The van der Waals surface area contributed by atoms with Crippen LogP contribution in [0.1, 0.15) is 17.7 Å². The fourth-order valence-electron chi connectivity index (χ4n) is 2.06. The molecule has 92 valence electrons. The summed E-state index contributed by atoms with van der Waals surface area (Å²) in [5.74, 6) is 0.103. The van der Waals surface area contributed by atoms with Crippen LogP contribution in [0.3, 0.4) is 0 Å². The van der Waals surface area contributed by atoms with E-state index in [1.165, 1.54) is 0 Å². The standard InChI is InChI=1S/C12H16N2O2S/c1-13(2)12(16)10-5-6-11(15)14(10)8-9-4-3-7-17-9/h3-4,7,10H,5-6,8H2,1-2H3/t10-/m1/s1. The van der Waals surface area contributed by atoms with Crippen LogP contribution in [0.15, 0.2) is 17.5 Å². The van der Waals surface area contributed by atoms with Gasteiger partial charge in [0.2, 0.25) is 11.8 Å². The topological polar surface area (TPSA) is 40.6 Å². The van der Waals surface area contributed by atoms with Crippen LogP contribution in [0.2, 0.25) is 0 Å². The van der Waals surface area contributed by atoms with Crippen LogP contribution in [0.25, 0.3) is 0 Å². The maximum Gasteiger partial charge on any atom is 0.244 e. The van der Waals surface area contributed by atoms with E-state index in [0.717, 1.165) is 4.88 Å². The van der Waals surface area contributed by atoms with Crippen molar-refractivity contribution in [2.75, 3.05) is 14.1 Å². The molecule has 17 heavy (non-hydrogen) atoms. The van der Waals surface area contributed by atoms with Gasteiger partial charge in [-0.15, -0.1) is 11.3 Å². The number of likely N-dealkylation sites (N-methyl/N-ethyl adjacent to an activating group) is 1. The summed E-state index contributed by atoms with van der Waals surface area (Å²) in [6.07, 6.45) is 1.12. The third-order valence-electron chi connectivity index (χ3n) is 2.96. The average molecular weight is 252 g/mol. The smallest absolute Gasteiger partial charge is 0.244 e. The molecule has 1 aliphatic rings. The molecule has 0 unspecified atom stereocenters. The zero-order valence-corrected chi connectivity index (χ0v) is 10.9. The summed E-state index contributed by atoms with van der Waals surface area (Å²) >= 11 is 1.62. The summed E-state index contributed by atoms with van der Waals surface area (Å²) in [4.78, 5) is 28.1. The summed E-state index contributed by atoms with van der Waals surface area (Å²) in [7, 11) is 3.46. The Morgan fingerprint density at radius 2 is 2.35 bits per heavy atom. The monoisotopic (exact) mass is 252 g/mol. The van der Waals surface area contributed by atoms with Crippen molar-refractivity contribution in [2.45, 2.75) is 25.4 Å². The molecule has 1 saturated heterocycles. The lowest BCUT2D eigenvalue weighted by Crippen LogP contribution is -2.43. The second-order valence-corrected chi connectivity index (χ2v) is 5.42. The van der Waals surface area contributed by atoms with Crippen molar-refractivity contribution in [3.63, 3.8) is 0 Å². The van der Waals surface area contributed by atoms with Crippen molar-refractivity contribution in [3.8, 4) is 0 Å². The summed E-state index contributed by atoms with van der Waals surface area (Å²) in [5.41, 5.74) is 0. The first-order valence-electron chi connectivity index (χ1n) is 5.62. The Hall–Kier alpha value is -1.36. The highest BCUT2D eigenvalue weighted by molar-refractivity contribution is 7.09. The molecular weight excluding hydrogens is 236 g/mol. The molecule has 5 heteroatoms. The van der Waals surface area contributed by atoms with Crippen molar-refractivity contribution in [1.82, 2.24) is 9.80 Å². The largest absolute Gasteiger partial charge is 0.347 e. The van der Waals surface area contributed by atoms with E-state index in [9.17, 15) is 9.59 Å². The lowest BCUT2D eigenvalue weighted by molar-refractivity contribution is -0.140. The molecule has 1 fully saturated rings. The number of amides is 2. The minimum absolute atomic E-state index is 0.0207. The van der Waals surface area contributed by atoms with Gasteiger partial charge in [-0.2, -0.15) is 0 Å². The normalized spacial score (nSPS) is 19.8. The molecule has 2 rings (SSSR count). The number of likely N-dealkylation sites (tertiary alicyclic amines) is 1. The predicted molar refractivity (Wildman–Crippen MR) is 66.6 cm³/mol. The van der Waals surface area contributed by atoms with E-state index in [1.807, 2.05) is 17.5 Å². The lowest BCUT2D eigenvalue weighted by Gasteiger charge is -2.25. The molecule has 2 heterocycles. The van der Waals surface area contributed by atoms with E-state index < -0.39 is 0 Å². The second kappa shape index (κ2) is 4.87. The number of hydrogen-bond acceptors (Lipinski definition) is 3. The molecule has 0 aliphatic carbocycles. The van der Waals surface area contributed by atoms with Crippen molar-refractivity contribution >= 4 is 23.2 Å². The van der Waals surface area contributed by atoms with Gasteiger partial charge in [-0.3, -0.25) is 9.59 Å². The number of nitrogens with zero attached hydrogens (tertiary/aromatic N) is 2. The third kappa shape index (κ3) is 2.49. The van der Waals surface area contributed by atoms with Crippen LogP contribution in [0, 0.1) is 0 Å². The molecule has 1 aromatic heterocycles. The maximum atomic E-state index is 12.0. The van der Waals surface area contributed by atoms with Gasteiger partial charge in [0, 0.05) is 25.4 Å². The first-order valence-corrected chi connectivity index (χ1v) is 6.50.